The molecule has 0 aliphatic carbocycles. The highest BCUT2D eigenvalue weighted by atomic mass is 16.4. The number of likely N-dealkylation sites (N-methyl/N-ethyl adjacent to an activating group) is 1. The van der Waals surface area contributed by atoms with Gasteiger partial charge in [-0.3, -0.25) is 9.69 Å². The van der Waals surface area contributed by atoms with Crippen molar-refractivity contribution in [3.63, 3.8) is 0 Å². The van der Waals surface area contributed by atoms with Crippen LogP contribution in [0.2, 0.25) is 0 Å². The predicted molar refractivity (Wildman–Crippen MR) is 66.0 cm³/mol. The van der Waals surface area contributed by atoms with Crippen LogP contribution in [0.4, 0.5) is 0 Å². The molecule has 1 aromatic rings. The zero-order valence-electron chi connectivity index (χ0n) is 10.3. The molecular formula is C13H19NO3. The van der Waals surface area contributed by atoms with Crippen LogP contribution in [0.1, 0.15) is 31.9 Å². The van der Waals surface area contributed by atoms with Gasteiger partial charge in [-0.15, -0.1) is 0 Å². The van der Waals surface area contributed by atoms with Gasteiger partial charge in [-0.25, -0.2) is 0 Å². The number of phenols is 1. The van der Waals surface area contributed by atoms with Crippen LogP contribution in [-0.2, 0) is 4.79 Å². The van der Waals surface area contributed by atoms with E-state index in [0.717, 1.165) is 12.0 Å². The molecule has 4 heteroatoms. The predicted octanol–water partition coefficient (Wildman–Crippen LogP) is 2.25. The third-order valence-electron chi connectivity index (χ3n) is 2.85. The van der Waals surface area contributed by atoms with Crippen LogP contribution in [0.25, 0.3) is 0 Å². The summed E-state index contributed by atoms with van der Waals surface area (Å²) < 4.78 is 0. The van der Waals surface area contributed by atoms with E-state index in [1.807, 2.05) is 30.9 Å². The van der Waals surface area contributed by atoms with Crippen LogP contribution in [0.15, 0.2) is 24.3 Å². The molecule has 0 fully saturated rings. The Hall–Kier alpha value is -1.55. The van der Waals surface area contributed by atoms with E-state index in [0.29, 0.717) is 6.54 Å². The first kappa shape index (κ1) is 13.5. The Balaban J connectivity index is 2.88. The fraction of sp³-hybridized carbons (Fsp3) is 0.462. The Bertz CT molecular complexity index is 361. The molecule has 1 rings (SSSR count). The van der Waals surface area contributed by atoms with Crippen molar-refractivity contribution in [2.75, 3.05) is 13.1 Å². The molecule has 0 aromatic heterocycles. The molecule has 0 heterocycles. The van der Waals surface area contributed by atoms with Gasteiger partial charge in [0.15, 0.2) is 0 Å². The average molecular weight is 237 g/mol. The van der Waals surface area contributed by atoms with Gasteiger partial charge in [-0.1, -0.05) is 26.0 Å². The van der Waals surface area contributed by atoms with Gasteiger partial charge in [0.05, 0.1) is 6.54 Å². The zero-order chi connectivity index (χ0) is 12.8. The molecule has 1 unspecified atom stereocenters. The van der Waals surface area contributed by atoms with Crippen LogP contribution in [-0.4, -0.2) is 34.2 Å². The largest absolute Gasteiger partial charge is 0.508 e. The minimum Gasteiger partial charge on any atom is -0.508 e. The number of rotatable bonds is 6. The van der Waals surface area contributed by atoms with Crippen LogP contribution in [0.3, 0.4) is 0 Å². The minimum atomic E-state index is -0.816. The first-order valence-electron chi connectivity index (χ1n) is 5.83. The quantitative estimate of drug-likeness (QED) is 0.796. The Kier molecular flexibility index (Phi) is 4.97. The fourth-order valence-electron chi connectivity index (χ4n) is 2.02. The second-order valence-electron chi connectivity index (χ2n) is 3.97. The molecule has 17 heavy (non-hydrogen) atoms. The van der Waals surface area contributed by atoms with Gasteiger partial charge in [0.2, 0.25) is 0 Å². The van der Waals surface area contributed by atoms with Crippen molar-refractivity contribution in [1.82, 2.24) is 4.90 Å². The summed E-state index contributed by atoms with van der Waals surface area (Å²) in [6, 6.07) is 7.03. The van der Waals surface area contributed by atoms with E-state index in [4.69, 9.17) is 5.11 Å². The Morgan fingerprint density at radius 2 is 1.88 bits per heavy atom. The molecule has 0 amide bonds. The summed E-state index contributed by atoms with van der Waals surface area (Å²) >= 11 is 0. The summed E-state index contributed by atoms with van der Waals surface area (Å²) in [5.41, 5.74) is 1.04. The Labute approximate surface area is 101 Å². The van der Waals surface area contributed by atoms with Gasteiger partial charge in [0, 0.05) is 6.04 Å². The number of aliphatic carboxylic acids is 1. The number of hydrogen-bond donors (Lipinski definition) is 2. The lowest BCUT2D eigenvalue weighted by molar-refractivity contribution is -0.138. The number of carboxylic acids is 1. The molecule has 0 spiro atoms. The summed E-state index contributed by atoms with van der Waals surface area (Å²) in [4.78, 5) is 12.7. The molecule has 4 nitrogen and oxygen atoms in total. The summed E-state index contributed by atoms with van der Waals surface area (Å²) in [7, 11) is 0. The molecule has 1 aromatic carbocycles. The molecule has 0 aliphatic heterocycles. The molecular weight excluding hydrogens is 218 g/mol. The van der Waals surface area contributed by atoms with E-state index in [1.165, 1.54) is 0 Å². The van der Waals surface area contributed by atoms with E-state index < -0.39 is 5.97 Å². The third-order valence-corrected chi connectivity index (χ3v) is 2.85. The highest BCUT2D eigenvalue weighted by molar-refractivity contribution is 5.69. The maximum absolute atomic E-state index is 10.8. The molecule has 1 atom stereocenters. The Morgan fingerprint density at radius 1 is 1.29 bits per heavy atom. The average Bonchev–Trinajstić information content (AvgIpc) is 2.30. The minimum absolute atomic E-state index is 0.0376. The molecule has 0 bridgehead atoms. The van der Waals surface area contributed by atoms with E-state index in [1.54, 1.807) is 12.1 Å². The van der Waals surface area contributed by atoms with Gasteiger partial charge in [0.1, 0.15) is 5.75 Å². The van der Waals surface area contributed by atoms with Crippen molar-refractivity contribution in [2.24, 2.45) is 0 Å². The second kappa shape index (κ2) is 6.25. The van der Waals surface area contributed by atoms with Gasteiger partial charge < -0.3 is 10.2 Å². The maximum atomic E-state index is 10.8. The molecule has 94 valence electrons. The maximum Gasteiger partial charge on any atom is 0.317 e. The van der Waals surface area contributed by atoms with E-state index in [2.05, 4.69) is 0 Å². The first-order chi connectivity index (χ1) is 8.08. The summed E-state index contributed by atoms with van der Waals surface area (Å²) in [6.45, 7) is 4.70. The SMILES string of the molecule is CCC(c1ccc(O)cc1)N(CC)CC(=O)O. The fourth-order valence-corrected chi connectivity index (χ4v) is 2.02. The second-order valence-corrected chi connectivity index (χ2v) is 3.97. The van der Waals surface area contributed by atoms with Crippen LogP contribution >= 0.6 is 0 Å². The monoisotopic (exact) mass is 237 g/mol. The van der Waals surface area contributed by atoms with Crippen molar-refractivity contribution in [3.05, 3.63) is 29.8 Å². The van der Waals surface area contributed by atoms with Crippen molar-refractivity contribution in [3.8, 4) is 5.75 Å². The van der Waals surface area contributed by atoms with Crippen molar-refractivity contribution in [2.45, 2.75) is 26.3 Å². The number of nitrogens with zero attached hydrogens (tertiary/aromatic N) is 1. The molecule has 0 radical (unpaired) electrons. The lowest BCUT2D eigenvalue weighted by Gasteiger charge is -2.28. The molecule has 0 saturated carbocycles. The summed E-state index contributed by atoms with van der Waals surface area (Å²) in [6.07, 6.45) is 0.839. The number of aromatic hydroxyl groups is 1. The zero-order valence-corrected chi connectivity index (χ0v) is 10.3. The van der Waals surface area contributed by atoms with Gasteiger partial charge >= 0.3 is 5.97 Å². The van der Waals surface area contributed by atoms with Crippen molar-refractivity contribution >= 4 is 5.97 Å². The van der Waals surface area contributed by atoms with E-state index in [9.17, 15) is 9.90 Å². The lowest BCUT2D eigenvalue weighted by atomic mass is 10.0. The standard InChI is InChI=1S/C13H19NO3/c1-3-12(14(4-2)9-13(16)17)10-5-7-11(15)8-6-10/h5-8,12,15H,3-4,9H2,1-2H3,(H,16,17). The highest BCUT2D eigenvalue weighted by Crippen LogP contribution is 2.25. The van der Waals surface area contributed by atoms with Gasteiger partial charge in [-0.2, -0.15) is 0 Å². The summed E-state index contributed by atoms with van der Waals surface area (Å²) in [5.74, 6) is -0.589. The van der Waals surface area contributed by atoms with E-state index in [-0.39, 0.29) is 18.3 Å². The highest BCUT2D eigenvalue weighted by Gasteiger charge is 2.19. The number of benzene rings is 1. The number of phenolic OH excluding ortho intramolecular Hbond substituents is 1. The van der Waals surface area contributed by atoms with Crippen LogP contribution < -0.4 is 0 Å². The van der Waals surface area contributed by atoms with Crippen molar-refractivity contribution in [1.29, 1.82) is 0 Å². The first-order valence-corrected chi connectivity index (χ1v) is 5.83. The van der Waals surface area contributed by atoms with Crippen molar-refractivity contribution < 1.29 is 15.0 Å². The van der Waals surface area contributed by atoms with Crippen LogP contribution in [0.5, 0.6) is 5.75 Å². The van der Waals surface area contributed by atoms with Crippen LogP contribution in [0, 0.1) is 0 Å². The lowest BCUT2D eigenvalue weighted by Crippen LogP contribution is -2.33. The van der Waals surface area contributed by atoms with Gasteiger partial charge in [0.25, 0.3) is 0 Å². The Morgan fingerprint density at radius 3 is 2.29 bits per heavy atom. The van der Waals surface area contributed by atoms with Gasteiger partial charge in [-0.05, 0) is 30.7 Å². The van der Waals surface area contributed by atoms with E-state index >= 15 is 0 Å². The normalized spacial score (nSPS) is 12.6. The summed E-state index contributed by atoms with van der Waals surface area (Å²) in [5, 5.41) is 18.1. The molecule has 2 N–H and O–H groups in total. The third kappa shape index (κ3) is 3.75. The number of carbonyl (C=O) groups is 1. The smallest absolute Gasteiger partial charge is 0.317 e. The number of carboxylic acid groups (broad SMARTS) is 1. The molecule has 0 aliphatic rings. The topological polar surface area (TPSA) is 60.8 Å². The molecule has 0 saturated heterocycles. The number of hydrogen-bond acceptors (Lipinski definition) is 3.